The van der Waals surface area contributed by atoms with Crippen molar-refractivity contribution in [3.8, 4) is 0 Å². The van der Waals surface area contributed by atoms with Crippen molar-refractivity contribution in [3.05, 3.63) is 51.7 Å². The maximum Gasteiger partial charge on any atom is 0.253 e. The number of nitrogens with one attached hydrogen (secondary N) is 2. The summed E-state index contributed by atoms with van der Waals surface area (Å²) in [4.78, 5) is 14.5. The molecule has 4 nitrogen and oxygen atoms in total. The summed E-state index contributed by atoms with van der Waals surface area (Å²) < 4.78 is 0. The molecule has 24 heavy (non-hydrogen) atoms. The van der Waals surface area contributed by atoms with Gasteiger partial charge in [-0.25, -0.2) is 0 Å². The van der Waals surface area contributed by atoms with Gasteiger partial charge in [0.15, 0.2) is 0 Å². The summed E-state index contributed by atoms with van der Waals surface area (Å²) in [5.41, 5.74) is 4.64. The van der Waals surface area contributed by atoms with E-state index in [0.29, 0.717) is 18.0 Å². The van der Waals surface area contributed by atoms with Crippen LogP contribution < -0.4 is 10.6 Å². The van der Waals surface area contributed by atoms with E-state index < -0.39 is 0 Å². The van der Waals surface area contributed by atoms with Crippen LogP contribution in [-0.2, 0) is 0 Å². The molecule has 2 fully saturated rings. The number of rotatable bonds is 2. The van der Waals surface area contributed by atoms with Crippen LogP contribution in [0.15, 0.2) is 35.0 Å². The first-order valence-corrected chi connectivity index (χ1v) is 9.71. The third kappa shape index (κ3) is 2.19. The van der Waals surface area contributed by atoms with Crippen molar-refractivity contribution in [2.24, 2.45) is 5.92 Å². The molecule has 2 N–H and O–H groups in total. The summed E-state index contributed by atoms with van der Waals surface area (Å²) in [5, 5.41) is 11.8. The van der Waals surface area contributed by atoms with Crippen LogP contribution in [0.25, 0.3) is 0 Å². The minimum Gasteiger partial charge on any atom is -0.378 e. The Bertz CT molecular complexity index is 769. The quantitative estimate of drug-likeness (QED) is 0.881. The summed E-state index contributed by atoms with van der Waals surface area (Å²) >= 11 is 1.76. The minimum absolute atomic E-state index is 0.179. The Hall–Kier alpha value is -1.85. The van der Waals surface area contributed by atoms with Crippen LogP contribution in [0.3, 0.4) is 0 Å². The van der Waals surface area contributed by atoms with Crippen LogP contribution in [0.1, 0.15) is 46.4 Å². The van der Waals surface area contributed by atoms with E-state index in [1.807, 2.05) is 11.0 Å². The number of carbonyl (C=O) groups is 1. The highest BCUT2D eigenvalue weighted by Crippen LogP contribution is 2.47. The van der Waals surface area contributed by atoms with Crippen LogP contribution in [-0.4, -0.2) is 30.4 Å². The standard InChI is InChI=1S/C19H21N3OS/c23-19(22-7-1-8-22)12-2-3-16-15(10-12)18-14(4-6-20-18)17(21-16)13-5-9-24-11-13/h2-3,5,9-11,14,17-18,20-21H,1,4,6-8H2. The van der Waals surface area contributed by atoms with Crippen LogP contribution >= 0.6 is 11.3 Å². The zero-order valence-electron chi connectivity index (χ0n) is 13.5. The highest BCUT2D eigenvalue weighted by molar-refractivity contribution is 7.08. The largest absolute Gasteiger partial charge is 0.378 e. The molecule has 2 aromatic rings. The summed E-state index contributed by atoms with van der Waals surface area (Å²) in [7, 11) is 0. The van der Waals surface area contributed by atoms with Gasteiger partial charge in [0, 0.05) is 36.3 Å². The summed E-state index contributed by atoms with van der Waals surface area (Å²) in [6, 6.07) is 9.12. The number of benzene rings is 1. The Morgan fingerprint density at radius 2 is 2.12 bits per heavy atom. The molecule has 3 unspecified atom stereocenters. The van der Waals surface area contributed by atoms with Crippen molar-refractivity contribution in [1.82, 2.24) is 10.2 Å². The van der Waals surface area contributed by atoms with E-state index >= 15 is 0 Å². The van der Waals surface area contributed by atoms with E-state index in [1.165, 1.54) is 23.2 Å². The van der Waals surface area contributed by atoms with Crippen molar-refractivity contribution in [2.45, 2.75) is 24.9 Å². The maximum atomic E-state index is 12.5. The van der Waals surface area contributed by atoms with Crippen molar-refractivity contribution in [2.75, 3.05) is 25.0 Å². The normalized spacial score (nSPS) is 27.8. The van der Waals surface area contributed by atoms with Crippen LogP contribution in [0.4, 0.5) is 5.69 Å². The Labute approximate surface area is 145 Å². The van der Waals surface area contributed by atoms with Crippen molar-refractivity contribution in [1.29, 1.82) is 0 Å². The van der Waals surface area contributed by atoms with E-state index in [1.54, 1.807) is 11.3 Å². The predicted molar refractivity (Wildman–Crippen MR) is 96.5 cm³/mol. The predicted octanol–water partition coefficient (Wildman–Crippen LogP) is 3.41. The number of thiophene rings is 1. The second-order valence-corrected chi connectivity index (χ2v) is 7.79. The van der Waals surface area contributed by atoms with Crippen molar-refractivity contribution < 1.29 is 4.79 Å². The number of hydrogen-bond acceptors (Lipinski definition) is 4. The number of likely N-dealkylation sites (tertiary alicyclic amines) is 1. The van der Waals surface area contributed by atoms with Gasteiger partial charge < -0.3 is 15.5 Å². The minimum atomic E-state index is 0.179. The molecule has 124 valence electrons. The molecule has 3 aliphatic heterocycles. The Morgan fingerprint density at radius 1 is 1.21 bits per heavy atom. The van der Waals surface area contributed by atoms with Gasteiger partial charge in [-0.15, -0.1) is 0 Å². The van der Waals surface area contributed by atoms with Gasteiger partial charge in [0.2, 0.25) is 0 Å². The lowest BCUT2D eigenvalue weighted by Crippen LogP contribution is -2.42. The Kier molecular flexibility index (Phi) is 3.38. The fraction of sp³-hybridized carbons (Fsp3) is 0.421. The molecule has 4 heterocycles. The molecule has 5 rings (SSSR count). The third-order valence-corrected chi connectivity index (χ3v) is 6.39. The van der Waals surface area contributed by atoms with Crippen molar-refractivity contribution in [3.63, 3.8) is 0 Å². The topological polar surface area (TPSA) is 44.4 Å². The molecule has 0 aliphatic carbocycles. The number of nitrogens with zero attached hydrogens (tertiary/aromatic N) is 1. The van der Waals surface area contributed by atoms with Gasteiger partial charge in [-0.1, -0.05) is 0 Å². The van der Waals surface area contributed by atoms with E-state index in [4.69, 9.17) is 0 Å². The molecule has 3 atom stereocenters. The van der Waals surface area contributed by atoms with Gasteiger partial charge >= 0.3 is 0 Å². The lowest BCUT2D eigenvalue weighted by Gasteiger charge is -2.37. The van der Waals surface area contributed by atoms with Crippen LogP contribution in [0, 0.1) is 5.92 Å². The summed E-state index contributed by atoms with van der Waals surface area (Å²) in [6.07, 6.45) is 2.30. The Morgan fingerprint density at radius 3 is 2.88 bits per heavy atom. The van der Waals surface area contributed by atoms with E-state index in [2.05, 4.69) is 39.6 Å². The molecule has 5 heteroatoms. The molecule has 2 saturated heterocycles. The average Bonchev–Trinajstić information content (AvgIpc) is 3.23. The molecule has 1 amide bonds. The van der Waals surface area contributed by atoms with Gasteiger partial charge in [0.25, 0.3) is 5.91 Å². The van der Waals surface area contributed by atoms with Gasteiger partial charge in [-0.3, -0.25) is 4.79 Å². The molecule has 0 bridgehead atoms. The molecule has 0 saturated carbocycles. The van der Waals surface area contributed by atoms with E-state index in [-0.39, 0.29) is 5.91 Å². The first kappa shape index (κ1) is 14.5. The molecule has 1 aromatic heterocycles. The van der Waals surface area contributed by atoms with Crippen LogP contribution in [0.5, 0.6) is 0 Å². The molecular weight excluding hydrogens is 318 g/mol. The number of hydrogen-bond donors (Lipinski definition) is 2. The zero-order chi connectivity index (χ0) is 16.1. The van der Waals surface area contributed by atoms with Crippen LogP contribution in [0.2, 0.25) is 0 Å². The van der Waals surface area contributed by atoms with Gasteiger partial charge in [-0.05, 0) is 65.5 Å². The molecule has 3 aliphatic rings. The SMILES string of the molecule is O=C(c1ccc2c(c1)C1NCCC1C(c1ccsc1)N2)N1CCC1. The molecule has 1 aromatic carbocycles. The third-order valence-electron chi connectivity index (χ3n) is 5.69. The highest BCUT2D eigenvalue weighted by atomic mass is 32.1. The lowest BCUT2D eigenvalue weighted by molar-refractivity contribution is 0.0651. The number of fused-ring (bicyclic) bond motifs is 3. The fourth-order valence-corrected chi connectivity index (χ4v) is 4.96. The smallest absolute Gasteiger partial charge is 0.253 e. The number of amides is 1. The first-order valence-electron chi connectivity index (χ1n) is 8.76. The van der Waals surface area contributed by atoms with Crippen molar-refractivity contribution >= 4 is 22.9 Å². The van der Waals surface area contributed by atoms with E-state index in [0.717, 1.165) is 31.6 Å². The lowest BCUT2D eigenvalue weighted by atomic mass is 9.80. The van der Waals surface area contributed by atoms with Gasteiger partial charge in [-0.2, -0.15) is 11.3 Å². The molecule has 0 spiro atoms. The number of carbonyl (C=O) groups excluding carboxylic acids is 1. The summed E-state index contributed by atoms with van der Waals surface area (Å²) in [5.74, 6) is 0.722. The summed E-state index contributed by atoms with van der Waals surface area (Å²) in [6.45, 7) is 2.85. The Balaban J connectivity index is 1.51. The molecular formula is C19H21N3OS. The monoisotopic (exact) mass is 339 g/mol. The van der Waals surface area contributed by atoms with E-state index in [9.17, 15) is 4.79 Å². The van der Waals surface area contributed by atoms with Gasteiger partial charge in [0.1, 0.15) is 0 Å². The first-order chi connectivity index (χ1) is 11.8. The number of anilines is 1. The fourth-order valence-electron chi connectivity index (χ4n) is 4.27. The average molecular weight is 339 g/mol. The second-order valence-electron chi connectivity index (χ2n) is 7.01. The second kappa shape index (κ2) is 5.60. The highest BCUT2D eigenvalue weighted by Gasteiger charge is 2.40. The maximum absolute atomic E-state index is 12.5. The molecule has 0 radical (unpaired) electrons. The zero-order valence-corrected chi connectivity index (χ0v) is 14.3. The van der Waals surface area contributed by atoms with Gasteiger partial charge in [0.05, 0.1) is 6.04 Å².